The third-order valence-corrected chi connectivity index (χ3v) is 4.09. The van der Waals surface area contributed by atoms with Gasteiger partial charge in [-0.05, 0) is 62.8 Å². The summed E-state index contributed by atoms with van der Waals surface area (Å²) in [6, 6.07) is 5.58. The predicted octanol–water partition coefficient (Wildman–Crippen LogP) is 2.05. The first-order chi connectivity index (χ1) is 9.83. The van der Waals surface area contributed by atoms with Crippen LogP contribution in [0.25, 0.3) is 0 Å². The van der Waals surface area contributed by atoms with Crippen LogP contribution in [0.2, 0.25) is 0 Å². The van der Waals surface area contributed by atoms with E-state index >= 15 is 0 Å². The highest BCUT2D eigenvalue weighted by Gasteiger charge is 2.48. The zero-order chi connectivity index (χ0) is 15.6. The number of carboxylic acid groups (broad SMARTS) is 1. The van der Waals surface area contributed by atoms with Crippen LogP contribution >= 0.6 is 0 Å². The second-order valence-corrected chi connectivity index (χ2v) is 5.86. The van der Waals surface area contributed by atoms with Crippen molar-refractivity contribution in [2.24, 2.45) is 5.92 Å². The van der Waals surface area contributed by atoms with E-state index in [1.54, 1.807) is 13.0 Å². The van der Waals surface area contributed by atoms with Crippen LogP contribution in [0.4, 0.5) is 0 Å². The maximum atomic E-state index is 11.9. The lowest BCUT2D eigenvalue weighted by Crippen LogP contribution is -2.55. The van der Waals surface area contributed by atoms with E-state index in [2.05, 4.69) is 5.32 Å². The van der Waals surface area contributed by atoms with Gasteiger partial charge in [0.1, 0.15) is 11.3 Å². The molecule has 0 saturated heterocycles. The highest BCUT2D eigenvalue weighted by atomic mass is 16.5. The van der Waals surface area contributed by atoms with Gasteiger partial charge in [0.05, 0.1) is 0 Å². The van der Waals surface area contributed by atoms with Gasteiger partial charge in [-0.1, -0.05) is 6.07 Å². The Kier molecular flexibility index (Phi) is 4.21. The number of hydrogen-bond donors (Lipinski definition) is 2. The molecule has 1 fully saturated rings. The molecule has 0 radical (unpaired) electrons. The summed E-state index contributed by atoms with van der Waals surface area (Å²) >= 11 is 0. The molecule has 1 aliphatic carbocycles. The lowest BCUT2D eigenvalue weighted by atomic mass is 9.96. The molecule has 0 aromatic heterocycles. The number of carbonyl (C=O) groups is 2. The number of aliphatic carboxylic acids is 1. The maximum Gasteiger partial charge on any atom is 0.329 e. The molecule has 0 aliphatic heterocycles. The molecule has 2 N–H and O–H groups in total. The number of nitrogens with one attached hydrogen (secondary N) is 1. The average Bonchev–Trinajstić information content (AvgIpc) is 3.24. The quantitative estimate of drug-likeness (QED) is 0.841. The van der Waals surface area contributed by atoms with Crippen molar-refractivity contribution in [1.29, 1.82) is 0 Å². The third-order valence-electron chi connectivity index (χ3n) is 4.09. The first kappa shape index (κ1) is 15.4. The lowest BCUT2D eigenvalue weighted by Gasteiger charge is -2.26. The molecule has 5 nitrogen and oxygen atoms in total. The van der Waals surface area contributed by atoms with Gasteiger partial charge >= 0.3 is 5.97 Å². The van der Waals surface area contributed by atoms with Gasteiger partial charge in [0.15, 0.2) is 6.61 Å². The van der Waals surface area contributed by atoms with E-state index in [0.29, 0.717) is 5.75 Å². The fourth-order valence-corrected chi connectivity index (χ4v) is 2.27. The number of benzene rings is 1. The van der Waals surface area contributed by atoms with Crippen LogP contribution in [0.5, 0.6) is 5.75 Å². The Labute approximate surface area is 124 Å². The van der Waals surface area contributed by atoms with Crippen molar-refractivity contribution >= 4 is 11.9 Å². The monoisotopic (exact) mass is 291 g/mol. The van der Waals surface area contributed by atoms with Crippen molar-refractivity contribution in [3.8, 4) is 5.75 Å². The van der Waals surface area contributed by atoms with E-state index in [4.69, 9.17) is 4.74 Å². The van der Waals surface area contributed by atoms with Crippen molar-refractivity contribution in [3.63, 3.8) is 0 Å². The van der Waals surface area contributed by atoms with Crippen LogP contribution < -0.4 is 10.1 Å². The second kappa shape index (κ2) is 5.76. The van der Waals surface area contributed by atoms with Gasteiger partial charge in [-0.2, -0.15) is 0 Å². The summed E-state index contributed by atoms with van der Waals surface area (Å²) in [5.41, 5.74) is 1.05. The molecule has 5 heteroatoms. The summed E-state index contributed by atoms with van der Waals surface area (Å²) in [5, 5.41) is 11.9. The van der Waals surface area contributed by atoms with Crippen molar-refractivity contribution in [2.45, 2.75) is 39.2 Å². The van der Waals surface area contributed by atoms with Crippen LogP contribution in [0.3, 0.4) is 0 Å². The first-order valence-corrected chi connectivity index (χ1v) is 7.07. The molecule has 1 aliphatic rings. The standard InChI is InChI=1S/C16H21NO4/c1-10-4-7-13(8-11(10)2)21-9-14(18)17-16(3,15(19)20)12-5-6-12/h4,7-8,12H,5-6,9H2,1-3H3,(H,17,18)(H,19,20). The Morgan fingerprint density at radius 2 is 2.00 bits per heavy atom. The van der Waals surface area contributed by atoms with Crippen molar-refractivity contribution < 1.29 is 19.4 Å². The van der Waals surface area contributed by atoms with E-state index in [1.807, 2.05) is 26.0 Å². The van der Waals surface area contributed by atoms with Crippen LogP contribution in [-0.2, 0) is 9.59 Å². The number of hydrogen-bond acceptors (Lipinski definition) is 3. The fraction of sp³-hybridized carbons (Fsp3) is 0.500. The molecule has 2 rings (SSSR count). The van der Waals surface area contributed by atoms with Crippen LogP contribution in [0.1, 0.15) is 30.9 Å². The number of aryl methyl sites for hydroxylation is 2. The molecular weight excluding hydrogens is 270 g/mol. The summed E-state index contributed by atoms with van der Waals surface area (Å²) in [7, 11) is 0. The van der Waals surface area contributed by atoms with Crippen LogP contribution in [0, 0.1) is 19.8 Å². The van der Waals surface area contributed by atoms with Gasteiger partial charge in [0.25, 0.3) is 5.91 Å². The van der Waals surface area contributed by atoms with Crippen LogP contribution in [0.15, 0.2) is 18.2 Å². The lowest BCUT2D eigenvalue weighted by molar-refractivity contribution is -0.148. The molecule has 1 amide bonds. The Morgan fingerprint density at radius 3 is 2.52 bits per heavy atom. The first-order valence-electron chi connectivity index (χ1n) is 7.07. The predicted molar refractivity (Wildman–Crippen MR) is 78.3 cm³/mol. The average molecular weight is 291 g/mol. The molecule has 114 valence electrons. The molecule has 21 heavy (non-hydrogen) atoms. The largest absolute Gasteiger partial charge is 0.484 e. The number of carbonyl (C=O) groups excluding carboxylic acids is 1. The zero-order valence-corrected chi connectivity index (χ0v) is 12.6. The van der Waals surface area contributed by atoms with Crippen LogP contribution in [-0.4, -0.2) is 29.1 Å². The van der Waals surface area contributed by atoms with E-state index < -0.39 is 17.4 Å². The highest BCUT2D eigenvalue weighted by molar-refractivity contribution is 5.88. The second-order valence-electron chi connectivity index (χ2n) is 5.86. The van der Waals surface area contributed by atoms with Gasteiger partial charge in [-0.25, -0.2) is 4.79 Å². The van der Waals surface area contributed by atoms with E-state index in [0.717, 1.165) is 24.0 Å². The van der Waals surface area contributed by atoms with Gasteiger partial charge in [0, 0.05) is 0 Å². The smallest absolute Gasteiger partial charge is 0.329 e. The number of rotatable bonds is 6. The minimum atomic E-state index is -1.19. The molecular formula is C16H21NO4. The maximum absolute atomic E-state index is 11.9. The molecule has 1 aromatic carbocycles. The number of ether oxygens (including phenoxy) is 1. The summed E-state index contributed by atoms with van der Waals surface area (Å²) in [6.45, 7) is 5.34. The van der Waals surface area contributed by atoms with Crippen molar-refractivity contribution in [3.05, 3.63) is 29.3 Å². The topological polar surface area (TPSA) is 75.6 Å². The van der Waals surface area contributed by atoms with E-state index in [1.165, 1.54) is 0 Å². The Balaban J connectivity index is 1.92. The minimum Gasteiger partial charge on any atom is -0.484 e. The molecule has 0 heterocycles. The molecule has 1 unspecified atom stereocenters. The van der Waals surface area contributed by atoms with E-state index in [-0.39, 0.29) is 12.5 Å². The number of amides is 1. The van der Waals surface area contributed by atoms with Gasteiger partial charge < -0.3 is 15.2 Å². The Morgan fingerprint density at radius 1 is 1.33 bits per heavy atom. The normalized spacial score (nSPS) is 16.9. The zero-order valence-electron chi connectivity index (χ0n) is 12.6. The molecule has 0 bridgehead atoms. The fourth-order valence-electron chi connectivity index (χ4n) is 2.27. The molecule has 1 aromatic rings. The highest BCUT2D eigenvalue weighted by Crippen LogP contribution is 2.39. The third kappa shape index (κ3) is 3.54. The Bertz CT molecular complexity index is 565. The molecule has 1 atom stereocenters. The number of carboxylic acids is 1. The van der Waals surface area contributed by atoms with Gasteiger partial charge in [-0.15, -0.1) is 0 Å². The van der Waals surface area contributed by atoms with Crippen molar-refractivity contribution in [2.75, 3.05) is 6.61 Å². The molecule has 1 saturated carbocycles. The summed E-state index contributed by atoms with van der Waals surface area (Å²) < 4.78 is 5.42. The van der Waals surface area contributed by atoms with E-state index in [9.17, 15) is 14.7 Å². The minimum absolute atomic E-state index is 0.0144. The summed E-state index contributed by atoms with van der Waals surface area (Å²) in [5.74, 6) is -0.785. The SMILES string of the molecule is Cc1ccc(OCC(=O)NC(C)(C(=O)O)C2CC2)cc1C. The van der Waals surface area contributed by atoms with Gasteiger partial charge in [0.2, 0.25) is 0 Å². The van der Waals surface area contributed by atoms with Gasteiger partial charge in [-0.3, -0.25) is 4.79 Å². The summed E-state index contributed by atoms with van der Waals surface area (Å²) in [6.07, 6.45) is 1.67. The summed E-state index contributed by atoms with van der Waals surface area (Å²) in [4.78, 5) is 23.3. The van der Waals surface area contributed by atoms with Crippen molar-refractivity contribution in [1.82, 2.24) is 5.32 Å². The Hall–Kier alpha value is -2.04. The molecule has 0 spiro atoms.